The number of nitrogens with zero attached hydrogens (tertiary/aromatic N) is 1. The smallest absolute Gasteiger partial charge is 0.123 e. The number of hydrogen-bond acceptors (Lipinski definition) is 2. The number of rotatable bonds is 3. The Morgan fingerprint density at radius 3 is 2.89 bits per heavy atom. The molecule has 0 unspecified atom stereocenters. The molecule has 2 aromatic heterocycles. The van der Waals surface area contributed by atoms with Gasteiger partial charge in [-0.05, 0) is 30.8 Å². The number of nitrogens with two attached hydrogens (primary N) is 1. The molecule has 5 heteroatoms. The maximum Gasteiger partial charge on any atom is 0.123 e. The molecule has 0 radical (unpaired) electrons. The highest BCUT2D eigenvalue weighted by Gasteiger charge is 2.07. The van der Waals surface area contributed by atoms with E-state index in [9.17, 15) is 4.39 Å². The molecule has 2 heterocycles. The second-order valence-electron chi connectivity index (χ2n) is 4.20. The molecule has 0 saturated carbocycles. The second-order valence-corrected chi connectivity index (χ2v) is 4.20. The number of H-pyrrole nitrogens is 2. The number of fused-ring (bicyclic) bond motifs is 1. The van der Waals surface area contributed by atoms with Crippen molar-refractivity contribution in [1.82, 2.24) is 15.0 Å². The van der Waals surface area contributed by atoms with E-state index in [4.69, 9.17) is 5.73 Å². The fraction of sp³-hybridized carbons (Fsp3) is 0.154. The molecule has 1 aromatic carbocycles. The van der Waals surface area contributed by atoms with E-state index in [1.54, 1.807) is 12.3 Å². The van der Waals surface area contributed by atoms with Gasteiger partial charge in [-0.1, -0.05) is 0 Å². The molecule has 0 amide bonds. The first-order valence-corrected chi connectivity index (χ1v) is 5.79. The van der Waals surface area contributed by atoms with Crippen LogP contribution in [0.15, 0.2) is 30.5 Å². The third-order valence-corrected chi connectivity index (χ3v) is 2.88. The SMILES string of the molecule is NCCc1ncc(-c2cc3cc(F)ccc3[nH]2)[nH]1. The standard InChI is InChI=1S/C13H13FN4/c14-9-1-2-10-8(5-9)6-11(17-10)12-7-16-13(18-12)3-4-15/h1-2,5-7,17H,3-4,15H2,(H,16,18). The highest BCUT2D eigenvalue weighted by atomic mass is 19.1. The van der Waals surface area contributed by atoms with Gasteiger partial charge in [0.1, 0.15) is 11.6 Å². The van der Waals surface area contributed by atoms with E-state index in [2.05, 4.69) is 15.0 Å². The maximum absolute atomic E-state index is 13.1. The molecule has 0 bridgehead atoms. The van der Waals surface area contributed by atoms with Crippen molar-refractivity contribution >= 4 is 10.9 Å². The van der Waals surface area contributed by atoms with Gasteiger partial charge in [-0.15, -0.1) is 0 Å². The van der Waals surface area contributed by atoms with Crippen molar-refractivity contribution in [3.05, 3.63) is 42.1 Å². The van der Waals surface area contributed by atoms with Gasteiger partial charge < -0.3 is 15.7 Å². The van der Waals surface area contributed by atoms with Crippen LogP contribution in [0.3, 0.4) is 0 Å². The topological polar surface area (TPSA) is 70.5 Å². The number of benzene rings is 1. The van der Waals surface area contributed by atoms with Crippen LogP contribution in [0, 0.1) is 5.82 Å². The summed E-state index contributed by atoms with van der Waals surface area (Å²) in [7, 11) is 0. The van der Waals surface area contributed by atoms with Crippen LogP contribution in [0.4, 0.5) is 4.39 Å². The fourth-order valence-corrected chi connectivity index (χ4v) is 2.01. The summed E-state index contributed by atoms with van der Waals surface area (Å²) in [6.07, 6.45) is 2.47. The van der Waals surface area contributed by atoms with E-state index in [1.807, 2.05) is 6.07 Å². The van der Waals surface area contributed by atoms with E-state index in [0.29, 0.717) is 6.54 Å². The molecule has 0 saturated heterocycles. The lowest BCUT2D eigenvalue weighted by molar-refractivity contribution is 0.630. The minimum absolute atomic E-state index is 0.235. The molecular weight excluding hydrogens is 231 g/mol. The molecule has 0 atom stereocenters. The van der Waals surface area contributed by atoms with Gasteiger partial charge in [-0.2, -0.15) is 0 Å². The number of halogens is 1. The summed E-state index contributed by atoms with van der Waals surface area (Å²) in [4.78, 5) is 10.7. The van der Waals surface area contributed by atoms with Crippen molar-refractivity contribution in [2.45, 2.75) is 6.42 Å². The summed E-state index contributed by atoms with van der Waals surface area (Å²) < 4.78 is 13.1. The Morgan fingerprint density at radius 1 is 1.17 bits per heavy atom. The first-order chi connectivity index (χ1) is 8.76. The van der Waals surface area contributed by atoms with Crippen molar-refractivity contribution < 1.29 is 4.39 Å². The van der Waals surface area contributed by atoms with Gasteiger partial charge in [0, 0.05) is 17.3 Å². The summed E-state index contributed by atoms with van der Waals surface area (Å²) >= 11 is 0. The Bertz CT molecular complexity index is 683. The van der Waals surface area contributed by atoms with Crippen LogP contribution < -0.4 is 5.73 Å². The van der Waals surface area contributed by atoms with Crippen molar-refractivity contribution in [1.29, 1.82) is 0 Å². The third-order valence-electron chi connectivity index (χ3n) is 2.88. The molecule has 3 rings (SSSR count). The third kappa shape index (κ3) is 1.89. The first-order valence-electron chi connectivity index (χ1n) is 5.79. The molecule has 4 nitrogen and oxygen atoms in total. The van der Waals surface area contributed by atoms with Gasteiger partial charge in [-0.3, -0.25) is 0 Å². The number of aromatic nitrogens is 3. The summed E-state index contributed by atoms with van der Waals surface area (Å²) in [6, 6.07) is 6.57. The lowest BCUT2D eigenvalue weighted by Crippen LogP contribution is -2.03. The summed E-state index contributed by atoms with van der Waals surface area (Å²) in [6.45, 7) is 0.560. The molecule has 0 aliphatic rings. The Hall–Kier alpha value is -2.14. The lowest BCUT2D eigenvalue weighted by Gasteiger charge is -1.92. The summed E-state index contributed by atoms with van der Waals surface area (Å²) in [5.74, 6) is 0.624. The van der Waals surface area contributed by atoms with Crippen LogP contribution in [-0.4, -0.2) is 21.5 Å². The molecule has 18 heavy (non-hydrogen) atoms. The molecular formula is C13H13FN4. The minimum atomic E-state index is -0.235. The fourth-order valence-electron chi connectivity index (χ4n) is 2.01. The van der Waals surface area contributed by atoms with Crippen LogP contribution in [0.5, 0.6) is 0 Å². The van der Waals surface area contributed by atoms with Crippen molar-refractivity contribution in [3.8, 4) is 11.4 Å². The van der Waals surface area contributed by atoms with Gasteiger partial charge in [0.05, 0.1) is 17.6 Å². The molecule has 4 N–H and O–H groups in total. The number of nitrogens with one attached hydrogen (secondary N) is 2. The highest BCUT2D eigenvalue weighted by molar-refractivity contribution is 5.85. The van der Waals surface area contributed by atoms with E-state index in [1.165, 1.54) is 12.1 Å². The average Bonchev–Trinajstić information content (AvgIpc) is 2.94. The van der Waals surface area contributed by atoms with E-state index >= 15 is 0 Å². The summed E-state index contributed by atoms with van der Waals surface area (Å²) in [5, 5.41) is 0.847. The van der Waals surface area contributed by atoms with Crippen molar-refractivity contribution in [2.75, 3.05) is 6.54 Å². The van der Waals surface area contributed by atoms with Crippen LogP contribution in [0.25, 0.3) is 22.3 Å². The summed E-state index contributed by atoms with van der Waals surface area (Å²) in [5.41, 5.74) is 8.16. The molecule has 0 aliphatic carbocycles. The average molecular weight is 244 g/mol. The van der Waals surface area contributed by atoms with Crippen molar-refractivity contribution in [2.24, 2.45) is 5.73 Å². The Balaban J connectivity index is 2.02. The zero-order chi connectivity index (χ0) is 12.5. The molecule has 3 aromatic rings. The van der Waals surface area contributed by atoms with E-state index in [-0.39, 0.29) is 5.82 Å². The monoisotopic (exact) mass is 244 g/mol. The zero-order valence-corrected chi connectivity index (χ0v) is 9.70. The zero-order valence-electron chi connectivity index (χ0n) is 9.70. The number of hydrogen-bond donors (Lipinski definition) is 3. The number of aromatic amines is 2. The Morgan fingerprint density at radius 2 is 2.06 bits per heavy atom. The predicted molar refractivity (Wildman–Crippen MR) is 68.6 cm³/mol. The van der Waals surface area contributed by atoms with E-state index in [0.717, 1.165) is 34.5 Å². The Kier molecular flexibility index (Phi) is 2.60. The first kappa shape index (κ1) is 11.0. The molecule has 0 fully saturated rings. The maximum atomic E-state index is 13.1. The normalized spacial score (nSPS) is 11.2. The number of imidazole rings is 1. The quantitative estimate of drug-likeness (QED) is 0.661. The van der Waals surface area contributed by atoms with Gasteiger partial charge in [0.2, 0.25) is 0 Å². The highest BCUT2D eigenvalue weighted by Crippen LogP contribution is 2.23. The molecule has 92 valence electrons. The van der Waals surface area contributed by atoms with Crippen LogP contribution in [-0.2, 0) is 6.42 Å². The van der Waals surface area contributed by atoms with Crippen LogP contribution in [0.1, 0.15) is 5.82 Å². The second kappa shape index (κ2) is 4.27. The Labute approximate surface area is 103 Å². The van der Waals surface area contributed by atoms with Crippen molar-refractivity contribution in [3.63, 3.8) is 0 Å². The van der Waals surface area contributed by atoms with Gasteiger partial charge in [-0.25, -0.2) is 9.37 Å². The molecule has 0 aliphatic heterocycles. The lowest BCUT2D eigenvalue weighted by atomic mass is 10.2. The van der Waals surface area contributed by atoms with Crippen LogP contribution >= 0.6 is 0 Å². The van der Waals surface area contributed by atoms with Crippen LogP contribution in [0.2, 0.25) is 0 Å². The molecule has 0 spiro atoms. The largest absolute Gasteiger partial charge is 0.353 e. The predicted octanol–water partition coefficient (Wildman–Crippen LogP) is 2.20. The van der Waals surface area contributed by atoms with Gasteiger partial charge in [0.15, 0.2) is 0 Å². The van der Waals surface area contributed by atoms with Gasteiger partial charge >= 0.3 is 0 Å². The van der Waals surface area contributed by atoms with Gasteiger partial charge in [0.25, 0.3) is 0 Å². The minimum Gasteiger partial charge on any atom is -0.353 e. The van der Waals surface area contributed by atoms with E-state index < -0.39 is 0 Å².